The molecule has 4 heteroatoms. The molecule has 1 heterocycles. The molecule has 0 saturated heterocycles. The summed E-state index contributed by atoms with van der Waals surface area (Å²) in [5, 5.41) is 2.95. The molecule has 0 saturated carbocycles. The summed E-state index contributed by atoms with van der Waals surface area (Å²) in [6.07, 6.45) is 5.32. The maximum Gasteiger partial charge on any atom is 0.251 e. The van der Waals surface area contributed by atoms with Crippen LogP contribution < -0.4 is 5.32 Å². The molecule has 1 N–H and O–H groups in total. The molecule has 0 aliphatic carbocycles. The second-order valence-electron chi connectivity index (χ2n) is 5.13. The highest BCUT2D eigenvalue weighted by molar-refractivity contribution is 5.94. The van der Waals surface area contributed by atoms with Crippen molar-refractivity contribution in [2.75, 3.05) is 0 Å². The van der Waals surface area contributed by atoms with E-state index in [4.69, 9.17) is 0 Å². The number of amides is 1. The van der Waals surface area contributed by atoms with Crippen molar-refractivity contribution in [2.45, 2.75) is 13.5 Å². The van der Waals surface area contributed by atoms with Crippen LogP contribution in [0.25, 0.3) is 5.69 Å². The van der Waals surface area contributed by atoms with Gasteiger partial charge in [-0.2, -0.15) is 0 Å². The van der Waals surface area contributed by atoms with E-state index in [1.165, 1.54) is 5.56 Å². The predicted molar refractivity (Wildman–Crippen MR) is 85.9 cm³/mol. The molecule has 0 bridgehead atoms. The van der Waals surface area contributed by atoms with Gasteiger partial charge in [0, 0.05) is 30.2 Å². The second kappa shape index (κ2) is 6.26. The average Bonchev–Trinajstić information content (AvgIpc) is 3.08. The molecule has 0 spiro atoms. The molecule has 0 fully saturated rings. The van der Waals surface area contributed by atoms with Gasteiger partial charge in [0.25, 0.3) is 5.91 Å². The van der Waals surface area contributed by atoms with Crippen LogP contribution >= 0.6 is 0 Å². The molecule has 1 aromatic heterocycles. The quantitative estimate of drug-likeness (QED) is 0.803. The summed E-state index contributed by atoms with van der Waals surface area (Å²) >= 11 is 0. The molecule has 1 amide bonds. The highest BCUT2D eigenvalue weighted by atomic mass is 16.1. The Hall–Kier alpha value is -2.88. The summed E-state index contributed by atoms with van der Waals surface area (Å²) in [5.74, 6) is -0.0690. The fraction of sp³-hybridized carbons (Fsp3) is 0.111. The molecule has 4 nitrogen and oxygen atoms in total. The van der Waals surface area contributed by atoms with Crippen LogP contribution in [0.3, 0.4) is 0 Å². The van der Waals surface area contributed by atoms with Gasteiger partial charge in [-0.1, -0.05) is 24.3 Å². The molecule has 0 aliphatic rings. The number of hydrogen-bond donors (Lipinski definition) is 1. The van der Waals surface area contributed by atoms with Crippen LogP contribution in [-0.2, 0) is 6.54 Å². The van der Waals surface area contributed by atoms with Crippen LogP contribution in [0.5, 0.6) is 0 Å². The maximum absolute atomic E-state index is 12.2. The van der Waals surface area contributed by atoms with Crippen LogP contribution in [0.4, 0.5) is 0 Å². The molecule has 3 aromatic rings. The van der Waals surface area contributed by atoms with E-state index in [0.717, 1.165) is 11.3 Å². The second-order valence-corrected chi connectivity index (χ2v) is 5.13. The van der Waals surface area contributed by atoms with Gasteiger partial charge in [0.2, 0.25) is 0 Å². The van der Waals surface area contributed by atoms with E-state index in [2.05, 4.69) is 10.3 Å². The number of hydrogen-bond acceptors (Lipinski definition) is 2. The number of nitrogens with one attached hydrogen (secondary N) is 1. The van der Waals surface area contributed by atoms with E-state index >= 15 is 0 Å². The van der Waals surface area contributed by atoms with Crippen molar-refractivity contribution in [3.05, 3.63) is 83.9 Å². The zero-order valence-corrected chi connectivity index (χ0v) is 12.4. The zero-order valence-electron chi connectivity index (χ0n) is 12.4. The number of aromatic nitrogens is 2. The first-order valence-electron chi connectivity index (χ1n) is 7.15. The van der Waals surface area contributed by atoms with Gasteiger partial charge in [-0.05, 0) is 42.3 Å². The van der Waals surface area contributed by atoms with Crippen LogP contribution in [0.15, 0.2) is 67.3 Å². The van der Waals surface area contributed by atoms with Crippen LogP contribution in [0.1, 0.15) is 21.5 Å². The fourth-order valence-electron chi connectivity index (χ4n) is 2.28. The van der Waals surface area contributed by atoms with E-state index in [1.54, 1.807) is 12.5 Å². The predicted octanol–water partition coefficient (Wildman–Crippen LogP) is 3.11. The maximum atomic E-state index is 12.2. The van der Waals surface area contributed by atoms with Crippen molar-refractivity contribution < 1.29 is 4.79 Å². The van der Waals surface area contributed by atoms with Crippen molar-refractivity contribution >= 4 is 5.91 Å². The van der Waals surface area contributed by atoms with E-state index in [1.807, 2.05) is 66.2 Å². The van der Waals surface area contributed by atoms with E-state index in [9.17, 15) is 4.79 Å². The van der Waals surface area contributed by atoms with Gasteiger partial charge in [-0.25, -0.2) is 4.98 Å². The standard InChI is InChI=1S/C18H17N3O/c1-14-4-2-3-5-16(14)12-20-18(22)15-6-8-17(9-7-15)21-11-10-19-13-21/h2-11,13H,12H2,1H3,(H,20,22). The van der Waals surface area contributed by atoms with Crippen molar-refractivity contribution in [1.82, 2.24) is 14.9 Å². The third-order valence-electron chi connectivity index (χ3n) is 3.63. The Morgan fingerprint density at radius 3 is 2.59 bits per heavy atom. The number of benzene rings is 2. The number of nitrogens with zero attached hydrogens (tertiary/aromatic N) is 2. The molecule has 110 valence electrons. The Morgan fingerprint density at radius 1 is 1.14 bits per heavy atom. The van der Waals surface area contributed by atoms with Gasteiger partial charge >= 0.3 is 0 Å². The molecule has 3 rings (SSSR count). The minimum atomic E-state index is -0.0690. The molecule has 0 unspecified atom stereocenters. The normalized spacial score (nSPS) is 10.4. The van der Waals surface area contributed by atoms with Crippen LogP contribution in [0, 0.1) is 6.92 Å². The lowest BCUT2D eigenvalue weighted by Crippen LogP contribution is -2.23. The largest absolute Gasteiger partial charge is 0.348 e. The first kappa shape index (κ1) is 14.1. The lowest BCUT2D eigenvalue weighted by atomic mass is 10.1. The molecular weight excluding hydrogens is 274 g/mol. The van der Waals surface area contributed by atoms with Crippen molar-refractivity contribution in [3.63, 3.8) is 0 Å². The van der Waals surface area contributed by atoms with Gasteiger partial charge in [-0.15, -0.1) is 0 Å². The number of aryl methyl sites for hydroxylation is 1. The summed E-state index contributed by atoms with van der Waals surface area (Å²) < 4.78 is 1.90. The Labute approximate surface area is 129 Å². The van der Waals surface area contributed by atoms with Crippen molar-refractivity contribution in [1.29, 1.82) is 0 Å². The molecule has 0 radical (unpaired) electrons. The van der Waals surface area contributed by atoms with Crippen LogP contribution in [-0.4, -0.2) is 15.5 Å². The summed E-state index contributed by atoms with van der Waals surface area (Å²) in [7, 11) is 0. The highest BCUT2D eigenvalue weighted by Crippen LogP contribution is 2.10. The molecule has 0 atom stereocenters. The van der Waals surface area contributed by atoms with Crippen molar-refractivity contribution in [3.8, 4) is 5.69 Å². The number of carbonyl (C=O) groups excluding carboxylic acids is 1. The molecule has 2 aromatic carbocycles. The minimum absolute atomic E-state index is 0.0690. The topological polar surface area (TPSA) is 46.9 Å². The fourth-order valence-corrected chi connectivity index (χ4v) is 2.28. The monoisotopic (exact) mass is 291 g/mol. The van der Waals surface area contributed by atoms with Gasteiger partial charge in [0.1, 0.15) is 0 Å². The minimum Gasteiger partial charge on any atom is -0.348 e. The number of imidazole rings is 1. The highest BCUT2D eigenvalue weighted by Gasteiger charge is 2.06. The average molecular weight is 291 g/mol. The van der Waals surface area contributed by atoms with E-state index in [-0.39, 0.29) is 5.91 Å². The summed E-state index contributed by atoms with van der Waals surface area (Å²) in [6.45, 7) is 2.58. The first-order chi connectivity index (χ1) is 10.7. The molecule has 0 aliphatic heterocycles. The van der Waals surface area contributed by atoms with E-state index < -0.39 is 0 Å². The van der Waals surface area contributed by atoms with E-state index in [0.29, 0.717) is 12.1 Å². The Balaban J connectivity index is 1.67. The first-order valence-corrected chi connectivity index (χ1v) is 7.15. The van der Waals surface area contributed by atoms with Gasteiger partial charge in [-0.3, -0.25) is 4.79 Å². The zero-order chi connectivity index (χ0) is 15.4. The van der Waals surface area contributed by atoms with Gasteiger partial charge < -0.3 is 9.88 Å². The summed E-state index contributed by atoms with van der Waals surface area (Å²) in [6, 6.07) is 15.5. The lowest BCUT2D eigenvalue weighted by molar-refractivity contribution is 0.0951. The summed E-state index contributed by atoms with van der Waals surface area (Å²) in [5.41, 5.74) is 3.94. The SMILES string of the molecule is Cc1ccccc1CNC(=O)c1ccc(-n2ccnc2)cc1. The third-order valence-corrected chi connectivity index (χ3v) is 3.63. The van der Waals surface area contributed by atoms with Crippen LogP contribution in [0.2, 0.25) is 0 Å². The summed E-state index contributed by atoms with van der Waals surface area (Å²) in [4.78, 5) is 16.2. The lowest BCUT2D eigenvalue weighted by Gasteiger charge is -2.08. The number of rotatable bonds is 4. The Kier molecular flexibility index (Phi) is 4.01. The van der Waals surface area contributed by atoms with Crippen molar-refractivity contribution in [2.24, 2.45) is 0 Å². The van der Waals surface area contributed by atoms with Gasteiger partial charge in [0.15, 0.2) is 0 Å². The Bertz CT molecular complexity index is 761. The third kappa shape index (κ3) is 3.06. The number of carbonyl (C=O) groups is 1. The molecule has 22 heavy (non-hydrogen) atoms. The molecular formula is C18H17N3O. The Morgan fingerprint density at radius 2 is 1.91 bits per heavy atom. The smallest absolute Gasteiger partial charge is 0.251 e. The van der Waals surface area contributed by atoms with Gasteiger partial charge in [0.05, 0.1) is 6.33 Å².